The molecule has 0 atom stereocenters. The zero-order chi connectivity index (χ0) is 11.8. The Bertz CT molecular complexity index is 112. The van der Waals surface area contributed by atoms with Gasteiger partial charge in [0.05, 0.1) is 0 Å². The minimum Gasteiger partial charge on any atom is -0.207 e. The van der Waals surface area contributed by atoms with E-state index in [0.29, 0.717) is 12.3 Å². The van der Waals surface area contributed by atoms with E-state index in [-0.39, 0.29) is 6.42 Å². The van der Waals surface area contributed by atoms with Gasteiger partial charge in [-0.05, 0) is 25.2 Å². The second-order valence-electron chi connectivity index (χ2n) is 4.80. The molecule has 0 N–H and O–H groups in total. The SMILES string of the molecule is CC(C)CCC(C)(F)F.CCC(C)C. The van der Waals surface area contributed by atoms with Crippen molar-refractivity contribution in [3.05, 3.63) is 0 Å². The second-order valence-corrected chi connectivity index (χ2v) is 4.80. The molecule has 0 rings (SSSR count). The van der Waals surface area contributed by atoms with Crippen LogP contribution in [0.1, 0.15) is 60.8 Å². The highest BCUT2D eigenvalue weighted by Gasteiger charge is 2.20. The van der Waals surface area contributed by atoms with Crippen LogP contribution in [-0.4, -0.2) is 5.92 Å². The molecule has 0 aromatic heterocycles. The van der Waals surface area contributed by atoms with Crippen molar-refractivity contribution < 1.29 is 8.78 Å². The predicted molar refractivity (Wildman–Crippen MR) is 59.8 cm³/mol. The first kappa shape index (κ1) is 16.3. The van der Waals surface area contributed by atoms with E-state index in [9.17, 15) is 8.78 Å². The van der Waals surface area contributed by atoms with Crippen molar-refractivity contribution in [2.45, 2.75) is 66.7 Å². The first-order valence-electron chi connectivity index (χ1n) is 5.56. The van der Waals surface area contributed by atoms with E-state index in [1.807, 2.05) is 13.8 Å². The summed E-state index contributed by atoms with van der Waals surface area (Å²) in [7, 11) is 0. The van der Waals surface area contributed by atoms with Gasteiger partial charge in [-0.2, -0.15) is 0 Å². The molecule has 0 heterocycles. The van der Waals surface area contributed by atoms with Gasteiger partial charge < -0.3 is 0 Å². The average molecular weight is 208 g/mol. The molecule has 0 fully saturated rings. The summed E-state index contributed by atoms with van der Waals surface area (Å²) in [5.74, 6) is -1.20. The smallest absolute Gasteiger partial charge is 0.207 e. The highest BCUT2D eigenvalue weighted by Crippen LogP contribution is 2.21. The number of alkyl halides is 2. The van der Waals surface area contributed by atoms with E-state index in [2.05, 4.69) is 20.8 Å². The Hall–Kier alpha value is -0.140. The number of rotatable bonds is 4. The fourth-order valence-electron chi connectivity index (χ4n) is 0.542. The van der Waals surface area contributed by atoms with E-state index in [0.717, 1.165) is 12.8 Å². The molecule has 0 unspecified atom stereocenters. The Morgan fingerprint density at radius 3 is 1.43 bits per heavy atom. The zero-order valence-electron chi connectivity index (χ0n) is 10.5. The minimum absolute atomic E-state index is 0.0185. The first-order valence-corrected chi connectivity index (χ1v) is 5.56. The molecule has 0 aliphatic carbocycles. The summed E-state index contributed by atoms with van der Waals surface area (Å²) < 4.78 is 24.2. The molecule has 14 heavy (non-hydrogen) atoms. The molecule has 0 radical (unpaired) electrons. The van der Waals surface area contributed by atoms with Gasteiger partial charge >= 0.3 is 0 Å². The third-order valence-corrected chi connectivity index (χ3v) is 1.98. The van der Waals surface area contributed by atoms with Crippen LogP contribution in [0.5, 0.6) is 0 Å². The van der Waals surface area contributed by atoms with Crippen LogP contribution in [0, 0.1) is 11.8 Å². The average Bonchev–Trinajstić information content (AvgIpc) is 2.01. The molecule has 0 aliphatic rings. The molecule has 0 amide bonds. The maximum Gasteiger partial charge on any atom is 0.245 e. The lowest BCUT2D eigenvalue weighted by Gasteiger charge is -2.10. The molecular formula is C12H26F2. The summed E-state index contributed by atoms with van der Waals surface area (Å²) in [5.41, 5.74) is 0. The van der Waals surface area contributed by atoms with Crippen molar-refractivity contribution in [1.29, 1.82) is 0 Å². The van der Waals surface area contributed by atoms with E-state index in [4.69, 9.17) is 0 Å². The van der Waals surface area contributed by atoms with Gasteiger partial charge in [-0.3, -0.25) is 0 Å². The van der Waals surface area contributed by atoms with E-state index >= 15 is 0 Å². The van der Waals surface area contributed by atoms with Crippen molar-refractivity contribution in [1.82, 2.24) is 0 Å². The topological polar surface area (TPSA) is 0 Å². The van der Waals surface area contributed by atoms with Gasteiger partial charge in [0.1, 0.15) is 0 Å². The van der Waals surface area contributed by atoms with Gasteiger partial charge in [0.2, 0.25) is 5.92 Å². The molecule has 0 aliphatic heterocycles. The third-order valence-electron chi connectivity index (χ3n) is 1.98. The number of hydrogen-bond donors (Lipinski definition) is 0. The lowest BCUT2D eigenvalue weighted by molar-refractivity contribution is 0.00782. The predicted octanol–water partition coefficient (Wildman–Crippen LogP) is 5.13. The van der Waals surface area contributed by atoms with Gasteiger partial charge in [0.25, 0.3) is 0 Å². The summed E-state index contributed by atoms with van der Waals surface area (Å²) in [6, 6.07) is 0. The standard InChI is InChI=1S/C7H14F2.C5H12/c1-6(2)4-5-7(3,8)9;1-4-5(2)3/h6H,4-5H2,1-3H3;5H,4H2,1-3H3. The Labute approximate surface area is 88.1 Å². The van der Waals surface area contributed by atoms with Gasteiger partial charge in [0, 0.05) is 6.42 Å². The molecule has 0 saturated heterocycles. The largest absolute Gasteiger partial charge is 0.245 e. The Morgan fingerprint density at radius 1 is 1.00 bits per heavy atom. The Balaban J connectivity index is 0. The maximum atomic E-state index is 12.1. The fourth-order valence-corrected chi connectivity index (χ4v) is 0.542. The molecular weight excluding hydrogens is 182 g/mol. The number of halogens is 2. The van der Waals surface area contributed by atoms with Crippen LogP contribution in [0.3, 0.4) is 0 Å². The van der Waals surface area contributed by atoms with Crippen LogP contribution >= 0.6 is 0 Å². The monoisotopic (exact) mass is 208 g/mol. The molecule has 0 bridgehead atoms. The normalized spacial score (nSPS) is 11.6. The summed E-state index contributed by atoms with van der Waals surface area (Å²) in [6.45, 7) is 11.5. The van der Waals surface area contributed by atoms with Crippen molar-refractivity contribution >= 4 is 0 Å². The summed E-state index contributed by atoms with van der Waals surface area (Å²) >= 11 is 0. The van der Waals surface area contributed by atoms with Crippen LogP contribution in [0.15, 0.2) is 0 Å². The molecule has 2 heteroatoms. The van der Waals surface area contributed by atoms with Crippen molar-refractivity contribution in [3.8, 4) is 0 Å². The highest BCUT2D eigenvalue weighted by atomic mass is 19.3. The Kier molecular flexibility index (Phi) is 9.53. The summed E-state index contributed by atoms with van der Waals surface area (Å²) in [6.07, 6.45) is 1.94. The fraction of sp³-hybridized carbons (Fsp3) is 1.00. The zero-order valence-corrected chi connectivity index (χ0v) is 10.5. The molecule has 88 valence electrons. The van der Waals surface area contributed by atoms with E-state index in [1.54, 1.807) is 0 Å². The van der Waals surface area contributed by atoms with Gasteiger partial charge in [-0.25, -0.2) is 8.78 Å². The van der Waals surface area contributed by atoms with Gasteiger partial charge in [0.15, 0.2) is 0 Å². The third kappa shape index (κ3) is 22.6. The molecule has 0 aromatic carbocycles. The first-order chi connectivity index (χ1) is 6.19. The van der Waals surface area contributed by atoms with E-state index < -0.39 is 5.92 Å². The quantitative estimate of drug-likeness (QED) is 0.600. The van der Waals surface area contributed by atoms with E-state index in [1.165, 1.54) is 6.42 Å². The molecule has 0 saturated carbocycles. The van der Waals surface area contributed by atoms with Crippen LogP contribution in [0.4, 0.5) is 8.78 Å². The Morgan fingerprint density at radius 2 is 1.36 bits per heavy atom. The van der Waals surface area contributed by atoms with Gasteiger partial charge in [-0.1, -0.05) is 41.0 Å². The highest BCUT2D eigenvalue weighted by molar-refractivity contribution is 4.58. The molecule has 0 nitrogen and oxygen atoms in total. The van der Waals surface area contributed by atoms with Crippen LogP contribution in [0.2, 0.25) is 0 Å². The van der Waals surface area contributed by atoms with Crippen LogP contribution in [0.25, 0.3) is 0 Å². The van der Waals surface area contributed by atoms with Crippen molar-refractivity contribution in [2.75, 3.05) is 0 Å². The van der Waals surface area contributed by atoms with Crippen molar-refractivity contribution in [3.63, 3.8) is 0 Å². The lowest BCUT2D eigenvalue weighted by Crippen LogP contribution is -2.10. The van der Waals surface area contributed by atoms with Crippen molar-refractivity contribution in [2.24, 2.45) is 11.8 Å². The molecule has 0 aromatic rings. The second kappa shape index (κ2) is 8.19. The van der Waals surface area contributed by atoms with Gasteiger partial charge in [-0.15, -0.1) is 0 Å². The maximum absolute atomic E-state index is 12.1. The van der Waals surface area contributed by atoms with Crippen LogP contribution in [-0.2, 0) is 0 Å². The number of hydrogen-bond acceptors (Lipinski definition) is 0. The minimum atomic E-state index is -2.47. The summed E-state index contributed by atoms with van der Waals surface area (Å²) in [5, 5.41) is 0. The molecule has 0 spiro atoms. The lowest BCUT2D eigenvalue weighted by atomic mass is 10.1. The van der Waals surface area contributed by atoms with Crippen LogP contribution < -0.4 is 0 Å². The summed E-state index contributed by atoms with van der Waals surface area (Å²) in [4.78, 5) is 0.